The third-order valence-electron chi connectivity index (χ3n) is 3.09. The van der Waals surface area contributed by atoms with Crippen LogP contribution in [-0.2, 0) is 0 Å². The Balaban J connectivity index is 3.03. The average molecular weight is 192 g/mol. The Morgan fingerprint density at radius 2 is 1.71 bits per heavy atom. The average Bonchev–Trinajstić information content (AvgIpc) is 2.07. The van der Waals surface area contributed by atoms with Crippen molar-refractivity contribution in [2.45, 2.75) is 46.1 Å². The van der Waals surface area contributed by atoms with Gasteiger partial charge in [-0.3, -0.25) is 0 Å². The summed E-state index contributed by atoms with van der Waals surface area (Å²) in [5, 5.41) is 9.90. The highest BCUT2D eigenvalue weighted by Crippen LogP contribution is 2.28. The molecule has 78 valence electrons. The molecule has 0 heterocycles. The summed E-state index contributed by atoms with van der Waals surface area (Å²) in [6.07, 6.45) is 0. The molecule has 0 saturated heterocycles. The van der Waals surface area contributed by atoms with E-state index < -0.39 is 5.60 Å². The van der Waals surface area contributed by atoms with Crippen LogP contribution in [0.4, 0.5) is 0 Å². The lowest BCUT2D eigenvalue weighted by atomic mass is 9.85. The Morgan fingerprint density at radius 3 is 2.14 bits per heavy atom. The summed E-state index contributed by atoms with van der Waals surface area (Å²) in [4.78, 5) is 0. The molecule has 1 nitrogen and oxygen atoms in total. The maximum absolute atomic E-state index is 9.90. The third-order valence-corrected chi connectivity index (χ3v) is 3.09. The normalized spacial score (nSPS) is 14.1. The zero-order valence-corrected chi connectivity index (χ0v) is 9.76. The Morgan fingerprint density at radius 1 is 1.14 bits per heavy atom. The van der Waals surface area contributed by atoms with Gasteiger partial charge in [-0.1, -0.05) is 25.1 Å². The molecule has 0 bridgehead atoms. The van der Waals surface area contributed by atoms with Gasteiger partial charge in [-0.25, -0.2) is 0 Å². The number of aliphatic hydroxyl groups is 1. The van der Waals surface area contributed by atoms with Crippen molar-refractivity contribution in [2.24, 2.45) is 0 Å². The highest BCUT2D eigenvalue weighted by Gasteiger charge is 2.23. The second-order valence-electron chi connectivity index (χ2n) is 4.72. The van der Waals surface area contributed by atoms with E-state index in [0.717, 1.165) is 0 Å². The molecular formula is C13H20O. The minimum absolute atomic E-state index is 0.168. The van der Waals surface area contributed by atoms with Crippen molar-refractivity contribution >= 4 is 0 Å². The quantitative estimate of drug-likeness (QED) is 0.763. The lowest BCUT2D eigenvalue weighted by Crippen LogP contribution is -2.26. The van der Waals surface area contributed by atoms with E-state index in [1.807, 2.05) is 13.8 Å². The number of hydrogen-bond donors (Lipinski definition) is 1. The highest BCUT2D eigenvalue weighted by molar-refractivity contribution is 5.32. The number of aryl methyl sites for hydroxylation is 2. The predicted octanol–water partition coefficient (Wildman–Crippen LogP) is 3.18. The standard InChI is InChI=1S/C13H20O/c1-9-6-7-12(8-10(9)2)11(3)13(4,5)14/h6-8,11,14H,1-5H3. The van der Waals surface area contributed by atoms with Crippen molar-refractivity contribution in [2.75, 3.05) is 0 Å². The summed E-state index contributed by atoms with van der Waals surface area (Å²) in [5.74, 6) is 0.168. The monoisotopic (exact) mass is 192 g/mol. The molecule has 1 aromatic carbocycles. The number of rotatable bonds is 2. The Bertz CT molecular complexity index is 320. The van der Waals surface area contributed by atoms with Crippen LogP contribution in [0, 0.1) is 13.8 Å². The molecule has 0 aliphatic carbocycles. The van der Waals surface area contributed by atoms with Crippen molar-refractivity contribution in [1.82, 2.24) is 0 Å². The van der Waals surface area contributed by atoms with Crippen LogP contribution in [0.1, 0.15) is 43.4 Å². The van der Waals surface area contributed by atoms with E-state index >= 15 is 0 Å². The second-order valence-corrected chi connectivity index (χ2v) is 4.72. The number of hydrogen-bond acceptors (Lipinski definition) is 1. The fraction of sp³-hybridized carbons (Fsp3) is 0.538. The van der Waals surface area contributed by atoms with Crippen LogP contribution in [0.3, 0.4) is 0 Å². The van der Waals surface area contributed by atoms with Gasteiger partial charge in [0.25, 0.3) is 0 Å². The molecule has 1 rings (SSSR count). The molecule has 0 aromatic heterocycles. The minimum atomic E-state index is -0.651. The SMILES string of the molecule is Cc1ccc(C(C)C(C)(C)O)cc1C. The van der Waals surface area contributed by atoms with E-state index in [1.54, 1.807) is 0 Å². The van der Waals surface area contributed by atoms with Crippen LogP contribution < -0.4 is 0 Å². The molecule has 1 atom stereocenters. The molecular weight excluding hydrogens is 172 g/mol. The summed E-state index contributed by atoms with van der Waals surface area (Å²) in [6.45, 7) is 9.98. The molecule has 0 radical (unpaired) electrons. The van der Waals surface area contributed by atoms with E-state index in [4.69, 9.17) is 0 Å². The molecule has 0 aliphatic rings. The summed E-state index contributed by atoms with van der Waals surface area (Å²) in [6, 6.07) is 6.38. The van der Waals surface area contributed by atoms with Gasteiger partial charge in [0.05, 0.1) is 5.60 Å². The summed E-state index contributed by atoms with van der Waals surface area (Å²) < 4.78 is 0. The van der Waals surface area contributed by atoms with Gasteiger partial charge in [-0.2, -0.15) is 0 Å². The van der Waals surface area contributed by atoms with Gasteiger partial charge in [0, 0.05) is 5.92 Å². The zero-order valence-electron chi connectivity index (χ0n) is 9.76. The smallest absolute Gasteiger partial charge is 0.0657 e. The Kier molecular flexibility index (Phi) is 3.01. The van der Waals surface area contributed by atoms with Crippen molar-refractivity contribution in [3.8, 4) is 0 Å². The van der Waals surface area contributed by atoms with E-state index in [0.29, 0.717) is 0 Å². The van der Waals surface area contributed by atoms with Gasteiger partial charge in [0.1, 0.15) is 0 Å². The van der Waals surface area contributed by atoms with Crippen molar-refractivity contribution in [3.05, 3.63) is 34.9 Å². The lowest BCUT2D eigenvalue weighted by molar-refractivity contribution is 0.0559. The third kappa shape index (κ3) is 2.36. The molecule has 0 amide bonds. The minimum Gasteiger partial charge on any atom is -0.390 e. The van der Waals surface area contributed by atoms with Gasteiger partial charge in [0.2, 0.25) is 0 Å². The molecule has 0 saturated carbocycles. The van der Waals surface area contributed by atoms with Gasteiger partial charge in [-0.15, -0.1) is 0 Å². The topological polar surface area (TPSA) is 20.2 Å². The molecule has 1 heteroatoms. The Hall–Kier alpha value is -0.820. The molecule has 0 fully saturated rings. The van der Waals surface area contributed by atoms with Crippen LogP contribution in [0.25, 0.3) is 0 Å². The molecule has 0 spiro atoms. The van der Waals surface area contributed by atoms with Gasteiger partial charge >= 0.3 is 0 Å². The molecule has 1 unspecified atom stereocenters. The first-order valence-electron chi connectivity index (χ1n) is 5.12. The molecule has 1 N–H and O–H groups in total. The fourth-order valence-corrected chi connectivity index (χ4v) is 1.44. The summed E-state index contributed by atoms with van der Waals surface area (Å²) in [7, 11) is 0. The van der Waals surface area contributed by atoms with E-state index in [1.165, 1.54) is 16.7 Å². The first kappa shape index (κ1) is 11.3. The zero-order chi connectivity index (χ0) is 10.9. The molecule has 1 aromatic rings. The van der Waals surface area contributed by atoms with Crippen LogP contribution in [0.5, 0.6) is 0 Å². The van der Waals surface area contributed by atoms with Gasteiger partial charge in [-0.05, 0) is 44.4 Å². The number of benzene rings is 1. The summed E-state index contributed by atoms with van der Waals surface area (Å²) in [5.41, 5.74) is 3.15. The van der Waals surface area contributed by atoms with E-state index in [-0.39, 0.29) is 5.92 Å². The van der Waals surface area contributed by atoms with Crippen LogP contribution in [0.2, 0.25) is 0 Å². The van der Waals surface area contributed by atoms with Crippen LogP contribution in [-0.4, -0.2) is 10.7 Å². The maximum Gasteiger partial charge on any atom is 0.0657 e. The van der Waals surface area contributed by atoms with E-state index in [9.17, 15) is 5.11 Å². The van der Waals surface area contributed by atoms with Crippen molar-refractivity contribution in [3.63, 3.8) is 0 Å². The first-order valence-corrected chi connectivity index (χ1v) is 5.12. The van der Waals surface area contributed by atoms with Gasteiger partial charge < -0.3 is 5.11 Å². The predicted molar refractivity (Wildman–Crippen MR) is 60.6 cm³/mol. The fourth-order valence-electron chi connectivity index (χ4n) is 1.44. The molecule has 14 heavy (non-hydrogen) atoms. The molecule has 0 aliphatic heterocycles. The van der Waals surface area contributed by atoms with E-state index in [2.05, 4.69) is 39.0 Å². The first-order chi connectivity index (χ1) is 6.32. The maximum atomic E-state index is 9.90. The van der Waals surface area contributed by atoms with Crippen molar-refractivity contribution in [1.29, 1.82) is 0 Å². The Labute approximate surface area is 86.8 Å². The van der Waals surface area contributed by atoms with Crippen molar-refractivity contribution < 1.29 is 5.11 Å². The largest absolute Gasteiger partial charge is 0.390 e. The lowest BCUT2D eigenvalue weighted by Gasteiger charge is -2.26. The van der Waals surface area contributed by atoms with Gasteiger partial charge in [0.15, 0.2) is 0 Å². The second kappa shape index (κ2) is 3.74. The van der Waals surface area contributed by atoms with Crippen LogP contribution >= 0.6 is 0 Å². The van der Waals surface area contributed by atoms with Crippen LogP contribution in [0.15, 0.2) is 18.2 Å². The highest BCUT2D eigenvalue weighted by atomic mass is 16.3. The summed E-state index contributed by atoms with van der Waals surface area (Å²) >= 11 is 0.